The largest absolute Gasteiger partial charge is 0.508 e. The number of aliphatic carboxylic acids is 1. The summed E-state index contributed by atoms with van der Waals surface area (Å²) in [7, 11) is 0. The summed E-state index contributed by atoms with van der Waals surface area (Å²) in [6.45, 7) is 0. The maximum atomic E-state index is 13.1. The van der Waals surface area contributed by atoms with Gasteiger partial charge in [-0.1, -0.05) is 42.5 Å². The van der Waals surface area contributed by atoms with Crippen molar-refractivity contribution in [2.75, 3.05) is 0 Å². The molecule has 41 heavy (non-hydrogen) atoms. The van der Waals surface area contributed by atoms with E-state index in [1.807, 2.05) is 0 Å². The van der Waals surface area contributed by atoms with Crippen LogP contribution in [0.2, 0.25) is 0 Å². The number of aromatic hydroxyl groups is 1. The van der Waals surface area contributed by atoms with Gasteiger partial charge < -0.3 is 43.4 Å². The second-order valence-electron chi connectivity index (χ2n) is 9.36. The van der Waals surface area contributed by atoms with Crippen molar-refractivity contribution >= 4 is 35.5 Å². The molecule has 2 aromatic rings. The second kappa shape index (κ2) is 15.6. The molecule has 4 atom stereocenters. The van der Waals surface area contributed by atoms with Crippen LogP contribution in [0.5, 0.6) is 5.75 Å². The summed E-state index contributed by atoms with van der Waals surface area (Å²) in [4.78, 5) is 73.7. The van der Waals surface area contributed by atoms with Gasteiger partial charge in [0.15, 0.2) is 0 Å². The minimum absolute atomic E-state index is 0.0301. The summed E-state index contributed by atoms with van der Waals surface area (Å²) in [6.07, 6.45) is -1.29. The van der Waals surface area contributed by atoms with Gasteiger partial charge in [-0.25, -0.2) is 4.79 Å². The fourth-order valence-corrected chi connectivity index (χ4v) is 3.82. The Morgan fingerprint density at radius 2 is 1.22 bits per heavy atom. The van der Waals surface area contributed by atoms with Crippen molar-refractivity contribution < 1.29 is 39.0 Å². The van der Waals surface area contributed by atoms with Gasteiger partial charge in [-0.2, -0.15) is 0 Å². The summed E-state index contributed by atoms with van der Waals surface area (Å²) in [5.74, 6) is -5.82. The van der Waals surface area contributed by atoms with Crippen molar-refractivity contribution in [1.29, 1.82) is 0 Å². The number of nitrogens with two attached hydrogens (primary N) is 3. The molecule has 14 nitrogen and oxygen atoms in total. The summed E-state index contributed by atoms with van der Waals surface area (Å²) in [5.41, 5.74) is 17.7. The van der Waals surface area contributed by atoms with E-state index in [1.54, 1.807) is 30.3 Å². The van der Waals surface area contributed by atoms with Gasteiger partial charge in [0.25, 0.3) is 0 Å². The average Bonchev–Trinajstić information content (AvgIpc) is 2.91. The number of carboxylic acid groups (broad SMARTS) is 1. The van der Waals surface area contributed by atoms with Crippen molar-refractivity contribution in [3.63, 3.8) is 0 Å². The molecule has 0 unspecified atom stereocenters. The normalized spacial score (nSPS) is 13.6. The zero-order valence-corrected chi connectivity index (χ0v) is 22.1. The van der Waals surface area contributed by atoms with Crippen LogP contribution < -0.4 is 33.2 Å². The Kier molecular flexibility index (Phi) is 12.2. The third-order valence-corrected chi connectivity index (χ3v) is 5.98. The number of nitrogens with one attached hydrogen (secondary N) is 3. The number of benzene rings is 2. The summed E-state index contributed by atoms with van der Waals surface area (Å²) in [6, 6.07) is 9.01. The second-order valence-corrected chi connectivity index (χ2v) is 9.36. The first kappa shape index (κ1) is 32.2. The molecule has 0 spiro atoms. The molecule has 5 amide bonds. The number of carboxylic acids is 1. The number of amides is 5. The van der Waals surface area contributed by atoms with Gasteiger partial charge in [0.1, 0.15) is 23.9 Å². The Balaban J connectivity index is 2.16. The van der Waals surface area contributed by atoms with Gasteiger partial charge >= 0.3 is 5.97 Å². The molecule has 0 saturated heterocycles. The highest BCUT2D eigenvalue weighted by Crippen LogP contribution is 2.12. The summed E-state index contributed by atoms with van der Waals surface area (Å²) < 4.78 is 0. The van der Waals surface area contributed by atoms with Crippen molar-refractivity contribution in [1.82, 2.24) is 16.0 Å². The molecule has 2 rings (SSSR count). The standard InChI is InChI=1S/C27H34N6O8/c28-18(12-15-4-2-1-3-5-15)24(37)32-20(14-23(30)36)26(39)31-19(10-11-22(29)35)25(38)33-21(27(40)41)13-16-6-8-17(34)9-7-16/h1-9,18-21,34H,10-14,28H2,(H2,29,35)(H2,30,36)(H,31,39)(H,32,37)(H,33,38)(H,40,41)/t18-,19-,20-,21-/m0/s1. The third-order valence-electron chi connectivity index (χ3n) is 5.98. The number of phenolic OH excluding ortho intramolecular Hbond substituents is 1. The highest BCUT2D eigenvalue weighted by atomic mass is 16.4. The van der Waals surface area contributed by atoms with E-state index in [4.69, 9.17) is 17.2 Å². The Morgan fingerprint density at radius 3 is 1.78 bits per heavy atom. The van der Waals surface area contributed by atoms with E-state index in [0.29, 0.717) is 5.56 Å². The molecule has 0 radical (unpaired) electrons. The van der Waals surface area contributed by atoms with E-state index >= 15 is 0 Å². The van der Waals surface area contributed by atoms with Crippen LogP contribution in [-0.2, 0) is 41.6 Å². The molecule has 0 aliphatic rings. The first-order chi connectivity index (χ1) is 19.3. The van der Waals surface area contributed by atoms with Crippen LogP contribution in [0.3, 0.4) is 0 Å². The Labute approximate surface area is 235 Å². The third kappa shape index (κ3) is 11.3. The maximum Gasteiger partial charge on any atom is 0.326 e. The number of hydrogen-bond donors (Lipinski definition) is 8. The first-order valence-corrected chi connectivity index (χ1v) is 12.6. The number of hydrogen-bond acceptors (Lipinski definition) is 8. The molecule has 0 aromatic heterocycles. The first-order valence-electron chi connectivity index (χ1n) is 12.6. The van der Waals surface area contributed by atoms with Crippen molar-refractivity contribution in [2.24, 2.45) is 17.2 Å². The molecule has 220 valence electrons. The molecular formula is C27H34N6O8. The van der Waals surface area contributed by atoms with Crippen LogP contribution in [-0.4, -0.2) is 69.9 Å². The summed E-state index contributed by atoms with van der Waals surface area (Å²) >= 11 is 0. The van der Waals surface area contributed by atoms with Gasteiger partial charge in [-0.3, -0.25) is 24.0 Å². The molecule has 11 N–H and O–H groups in total. The van der Waals surface area contributed by atoms with E-state index in [-0.39, 0.29) is 31.4 Å². The molecule has 0 aliphatic carbocycles. The van der Waals surface area contributed by atoms with Crippen LogP contribution in [0.4, 0.5) is 0 Å². The Hall–Kier alpha value is -4.98. The van der Waals surface area contributed by atoms with Crippen molar-refractivity contribution in [2.45, 2.75) is 56.3 Å². The van der Waals surface area contributed by atoms with Crippen LogP contribution in [0, 0.1) is 0 Å². The number of phenols is 1. The number of carbonyl (C=O) groups excluding carboxylic acids is 5. The lowest BCUT2D eigenvalue weighted by Gasteiger charge is -2.24. The minimum atomic E-state index is -1.52. The van der Waals surface area contributed by atoms with E-state index in [1.165, 1.54) is 24.3 Å². The molecule has 14 heteroatoms. The van der Waals surface area contributed by atoms with Gasteiger partial charge in [-0.15, -0.1) is 0 Å². The number of rotatable bonds is 16. The monoisotopic (exact) mass is 570 g/mol. The smallest absolute Gasteiger partial charge is 0.326 e. The van der Waals surface area contributed by atoms with Crippen LogP contribution in [0.1, 0.15) is 30.4 Å². The van der Waals surface area contributed by atoms with E-state index in [0.717, 1.165) is 5.56 Å². The molecular weight excluding hydrogens is 536 g/mol. The molecule has 0 heterocycles. The Morgan fingerprint density at radius 1 is 0.683 bits per heavy atom. The predicted molar refractivity (Wildman–Crippen MR) is 146 cm³/mol. The lowest BCUT2D eigenvalue weighted by Crippen LogP contribution is -2.58. The van der Waals surface area contributed by atoms with Gasteiger partial charge in [0, 0.05) is 12.8 Å². The molecule has 0 saturated carbocycles. The zero-order valence-electron chi connectivity index (χ0n) is 22.1. The Bertz CT molecular complexity index is 1240. The molecule has 0 bridgehead atoms. The average molecular weight is 571 g/mol. The zero-order chi connectivity index (χ0) is 30.5. The quantitative estimate of drug-likeness (QED) is 0.113. The van der Waals surface area contributed by atoms with E-state index in [2.05, 4.69) is 16.0 Å². The number of carbonyl (C=O) groups is 6. The van der Waals surface area contributed by atoms with E-state index < -0.39 is 66.1 Å². The summed E-state index contributed by atoms with van der Waals surface area (Å²) in [5, 5.41) is 26.1. The fraction of sp³-hybridized carbons (Fsp3) is 0.333. The van der Waals surface area contributed by atoms with Crippen LogP contribution in [0.15, 0.2) is 54.6 Å². The van der Waals surface area contributed by atoms with Crippen LogP contribution >= 0.6 is 0 Å². The lowest BCUT2D eigenvalue weighted by atomic mass is 10.0. The molecule has 2 aromatic carbocycles. The predicted octanol–water partition coefficient (Wildman–Crippen LogP) is -1.82. The molecule has 0 aliphatic heterocycles. The lowest BCUT2D eigenvalue weighted by molar-refractivity contribution is -0.142. The highest BCUT2D eigenvalue weighted by Gasteiger charge is 2.31. The SMILES string of the molecule is NC(=O)CC[C@H](NC(=O)[C@H](CC(N)=O)NC(=O)[C@@H](N)Cc1ccccc1)C(=O)N[C@@H](Cc1ccc(O)cc1)C(=O)O. The van der Waals surface area contributed by atoms with Gasteiger partial charge in [0.05, 0.1) is 12.5 Å². The topological polar surface area (TPSA) is 257 Å². The molecule has 0 fully saturated rings. The van der Waals surface area contributed by atoms with Crippen molar-refractivity contribution in [3.8, 4) is 5.75 Å². The van der Waals surface area contributed by atoms with Gasteiger partial charge in [-0.05, 0) is 36.1 Å². The van der Waals surface area contributed by atoms with Crippen molar-refractivity contribution in [3.05, 3.63) is 65.7 Å². The maximum absolute atomic E-state index is 13.1. The van der Waals surface area contributed by atoms with E-state index in [9.17, 15) is 39.0 Å². The fourth-order valence-electron chi connectivity index (χ4n) is 3.82. The highest BCUT2D eigenvalue weighted by molar-refractivity contribution is 5.96. The number of primary amides is 2. The minimum Gasteiger partial charge on any atom is -0.508 e. The van der Waals surface area contributed by atoms with Crippen LogP contribution in [0.25, 0.3) is 0 Å². The van der Waals surface area contributed by atoms with Gasteiger partial charge in [0.2, 0.25) is 29.5 Å².